The molecular weight excluding hydrogens is 370 g/mol. The standard InChI is InChI=1S/C26H21N3O/c1-17-11-13-18(14-12-17)16-27-26(30)23-15-21-20-9-5-6-10-22(20)28-25(21)24(29-23)19-7-3-2-4-8-19/h2-15,28H,16H2,1H3,(H,27,30). The van der Waals surface area contributed by atoms with Gasteiger partial charge in [0, 0.05) is 28.4 Å². The van der Waals surface area contributed by atoms with Crippen molar-refractivity contribution in [2.75, 3.05) is 0 Å². The lowest BCUT2D eigenvalue weighted by molar-refractivity contribution is 0.0946. The second kappa shape index (κ2) is 7.48. The molecule has 3 aromatic carbocycles. The van der Waals surface area contributed by atoms with E-state index < -0.39 is 0 Å². The topological polar surface area (TPSA) is 57.8 Å². The number of nitrogens with zero attached hydrogens (tertiary/aromatic N) is 1. The Morgan fingerprint density at radius 3 is 2.43 bits per heavy atom. The third kappa shape index (κ3) is 3.33. The van der Waals surface area contributed by atoms with Gasteiger partial charge in [0.2, 0.25) is 0 Å². The van der Waals surface area contributed by atoms with Crippen LogP contribution in [0.1, 0.15) is 21.6 Å². The number of amides is 1. The zero-order valence-corrected chi connectivity index (χ0v) is 16.6. The minimum atomic E-state index is -0.181. The molecule has 0 spiro atoms. The van der Waals surface area contributed by atoms with Crippen molar-refractivity contribution >= 4 is 27.7 Å². The van der Waals surface area contributed by atoms with Gasteiger partial charge in [-0.15, -0.1) is 0 Å². The van der Waals surface area contributed by atoms with Crippen molar-refractivity contribution in [1.82, 2.24) is 15.3 Å². The van der Waals surface area contributed by atoms with Crippen LogP contribution in [-0.2, 0) is 6.54 Å². The van der Waals surface area contributed by atoms with Gasteiger partial charge in [-0.2, -0.15) is 0 Å². The molecule has 0 bridgehead atoms. The van der Waals surface area contributed by atoms with Crippen LogP contribution in [-0.4, -0.2) is 15.9 Å². The molecule has 0 aliphatic rings. The van der Waals surface area contributed by atoms with Crippen molar-refractivity contribution < 1.29 is 4.79 Å². The maximum absolute atomic E-state index is 13.0. The quantitative estimate of drug-likeness (QED) is 0.418. The molecule has 146 valence electrons. The van der Waals surface area contributed by atoms with Crippen LogP contribution in [0.4, 0.5) is 0 Å². The van der Waals surface area contributed by atoms with Crippen molar-refractivity contribution in [1.29, 1.82) is 0 Å². The summed E-state index contributed by atoms with van der Waals surface area (Å²) in [6.07, 6.45) is 0. The molecule has 4 heteroatoms. The van der Waals surface area contributed by atoms with Gasteiger partial charge in [-0.25, -0.2) is 4.98 Å². The summed E-state index contributed by atoms with van der Waals surface area (Å²) in [6, 6.07) is 28.1. The van der Waals surface area contributed by atoms with Crippen LogP contribution >= 0.6 is 0 Å². The molecule has 5 aromatic rings. The van der Waals surface area contributed by atoms with Crippen molar-refractivity contribution in [3.8, 4) is 11.3 Å². The second-order valence-electron chi connectivity index (χ2n) is 7.48. The molecule has 0 saturated heterocycles. The summed E-state index contributed by atoms with van der Waals surface area (Å²) in [4.78, 5) is 21.2. The number of fused-ring (bicyclic) bond motifs is 3. The average Bonchev–Trinajstić information content (AvgIpc) is 3.17. The second-order valence-corrected chi connectivity index (χ2v) is 7.48. The molecule has 0 saturated carbocycles. The number of nitrogens with one attached hydrogen (secondary N) is 2. The summed E-state index contributed by atoms with van der Waals surface area (Å²) in [7, 11) is 0. The number of hydrogen-bond donors (Lipinski definition) is 2. The highest BCUT2D eigenvalue weighted by atomic mass is 16.1. The number of H-pyrrole nitrogens is 1. The van der Waals surface area contributed by atoms with Crippen molar-refractivity contribution in [3.63, 3.8) is 0 Å². The summed E-state index contributed by atoms with van der Waals surface area (Å²) < 4.78 is 0. The first-order chi connectivity index (χ1) is 14.7. The summed E-state index contributed by atoms with van der Waals surface area (Å²) >= 11 is 0. The highest BCUT2D eigenvalue weighted by molar-refractivity contribution is 6.13. The Kier molecular flexibility index (Phi) is 4.52. The number of rotatable bonds is 4. The molecule has 0 unspecified atom stereocenters. The Hall–Kier alpha value is -3.92. The fourth-order valence-corrected chi connectivity index (χ4v) is 3.75. The number of aromatic amines is 1. The smallest absolute Gasteiger partial charge is 0.270 e. The molecule has 30 heavy (non-hydrogen) atoms. The summed E-state index contributed by atoms with van der Waals surface area (Å²) in [5.41, 5.74) is 6.40. The number of hydrogen-bond acceptors (Lipinski definition) is 2. The summed E-state index contributed by atoms with van der Waals surface area (Å²) in [5.74, 6) is -0.181. The van der Waals surface area contributed by atoms with Crippen LogP contribution in [0.15, 0.2) is 84.9 Å². The van der Waals surface area contributed by atoms with E-state index in [4.69, 9.17) is 4.98 Å². The molecule has 4 nitrogen and oxygen atoms in total. The monoisotopic (exact) mass is 391 g/mol. The van der Waals surface area contributed by atoms with Crippen LogP contribution in [0.5, 0.6) is 0 Å². The molecule has 2 N–H and O–H groups in total. The highest BCUT2D eigenvalue weighted by Crippen LogP contribution is 2.32. The van der Waals surface area contributed by atoms with E-state index >= 15 is 0 Å². The highest BCUT2D eigenvalue weighted by Gasteiger charge is 2.16. The minimum Gasteiger partial charge on any atom is -0.353 e. The van der Waals surface area contributed by atoms with Crippen molar-refractivity contribution in [2.45, 2.75) is 13.5 Å². The first-order valence-electron chi connectivity index (χ1n) is 10.00. The Balaban J connectivity index is 1.58. The molecule has 0 atom stereocenters. The van der Waals surface area contributed by atoms with Crippen molar-refractivity contribution in [2.24, 2.45) is 0 Å². The third-order valence-corrected chi connectivity index (χ3v) is 5.35. The molecule has 2 aromatic heterocycles. The number of carbonyl (C=O) groups is 1. The molecule has 0 aliphatic carbocycles. The van der Waals surface area contributed by atoms with Crippen LogP contribution in [0.3, 0.4) is 0 Å². The van der Waals surface area contributed by atoms with Crippen LogP contribution in [0, 0.1) is 6.92 Å². The van der Waals surface area contributed by atoms with E-state index in [2.05, 4.69) is 16.4 Å². The Morgan fingerprint density at radius 1 is 0.900 bits per heavy atom. The minimum absolute atomic E-state index is 0.181. The molecule has 1 amide bonds. The first-order valence-corrected chi connectivity index (χ1v) is 10.00. The van der Waals surface area contributed by atoms with Crippen LogP contribution in [0.2, 0.25) is 0 Å². The maximum Gasteiger partial charge on any atom is 0.270 e. The van der Waals surface area contributed by atoms with E-state index in [9.17, 15) is 4.79 Å². The Labute approximate surface area is 174 Å². The van der Waals surface area contributed by atoms with Crippen LogP contribution in [0.25, 0.3) is 33.1 Å². The average molecular weight is 391 g/mol. The molecule has 0 fully saturated rings. The van der Waals surface area contributed by atoms with Gasteiger partial charge in [0.25, 0.3) is 5.91 Å². The number of aryl methyl sites for hydroxylation is 1. The van der Waals surface area contributed by atoms with Gasteiger partial charge in [0.05, 0.1) is 11.2 Å². The van der Waals surface area contributed by atoms with E-state index in [1.165, 1.54) is 5.56 Å². The fraction of sp³-hybridized carbons (Fsp3) is 0.0769. The van der Waals surface area contributed by atoms with Crippen molar-refractivity contribution in [3.05, 3.63) is 102 Å². The summed E-state index contributed by atoms with van der Waals surface area (Å²) in [6.45, 7) is 2.52. The predicted molar refractivity (Wildman–Crippen MR) is 121 cm³/mol. The maximum atomic E-state index is 13.0. The Bertz CT molecular complexity index is 1350. The number of pyridine rings is 1. The van der Waals surface area contributed by atoms with E-state index in [-0.39, 0.29) is 5.91 Å². The van der Waals surface area contributed by atoms with Gasteiger partial charge in [-0.1, -0.05) is 78.4 Å². The molecule has 5 rings (SSSR count). The van der Waals surface area contributed by atoms with Crippen LogP contribution < -0.4 is 5.32 Å². The van der Waals surface area contributed by atoms with Gasteiger partial charge in [0.1, 0.15) is 5.69 Å². The number of carbonyl (C=O) groups excluding carboxylic acids is 1. The third-order valence-electron chi connectivity index (χ3n) is 5.35. The largest absolute Gasteiger partial charge is 0.353 e. The molecule has 0 aliphatic heterocycles. The van der Waals surface area contributed by atoms with Gasteiger partial charge in [-0.3, -0.25) is 4.79 Å². The van der Waals surface area contributed by atoms with Gasteiger partial charge < -0.3 is 10.3 Å². The van der Waals surface area contributed by atoms with E-state index in [1.54, 1.807) is 0 Å². The SMILES string of the molecule is Cc1ccc(CNC(=O)c2cc3c([nH]c4ccccc43)c(-c3ccccc3)n2)cc1. The lowest BCUT2D eigenvalue weighted by Crippen LogP contribution is -2.24. The molecule has 2 heterocycles. The van der Waals surface area contributed by atoms with E-state index in [0.29, 0.717) is 12.2 Å². The first kappa shape index (κ1) is 18.1. The molecular formula is C26H21N3O. The Morgan fingerprint density at radius 2 is 1.63 bits per heavy atom. The zero-order valence-electron chi connectivity index (χ0n) is 16.6. The fourth-order valence-electron chi connectivity index (χ4n) is 3.75. The van der Waals surface area contributed by atoms with Gasteiger partial charge >= 0.3 is 0 Å². The van der Waals surface area contributed by atoms with Gasteiger partial charge in [-0.05, 0) is 24.6 Å². The predicted octanol–water partition coefficient (Wildman–Crippen LogP) is 5.62. The lowest BCUT2D eigenvalue weighted by atomic mass is 10.1. The van der Waals surface area contributed by atoms with Gasteiger partial charge in [0.15, 0.2) is 0 Å². The lowest BCUT2D eigenvalue weighted by Gasteiger charge is -2.09. The number of benzene rings is 3. The van der Waals surface area contributed by atoms with E-state index in [0.717, 1.165) is 38.6 Å². The normalized spacial score (nSPS) is 11.1. The number of aromatic nitrogens is 2. The molecule has 0 radical (unpaired) electrons. The summed E-state index contributed by atoms with van der Waals surface area (Å²) in [5, 5.41) is 5.09. The van der Waals surface area contributed by atoms with E-state index in [1.807, 2.05) is 85.8 Å². The zero-order chi connectivity index (χ0) is 20.5. The number of para-hydroxylation sites is 1.